The zero-order valence-electron chi connectivity index (χ0n) is 10.6. The molecule has 1 atom stereocenters. The molecule has 1 nitrogen and oxygen atoms in total. The van der Waals surface area contributed by atoms with E-state index in [-0.39, 0.29) is 0 Å². The summed E-state index contributed by atoms with van der Waals surface area (Å²) >= 11 is 1.90. The first-order chi connectivity index (χ1) is 8.18. The van der Waals surface area contributed by atoms with Gasteiger partial charge in [0.1, 0.15) is 0 Å². The van der Waals surface area contributed by atoms with Gasteiger partial charge in [0, 0.05) is 5.75 Å². The molecule has 1 fully saturated rings. The third-order valence-electron chi connectivity index (χ3n) is 3.61. The average molecular weight is 250 g/mol. The van der Waals surface area contributed by atoms with Gasteiger partial charge in [0.25, 0.3) is 0 Å². The fourth-order valence-electron chi connectivity index (χ4n) is 2.48. The normalized spacial score (nSPS) is 20.4. The van der Waals surface area contributed by atoms with Crippen LogP contribution >= 0.6 is 11.8 Å². The monoisotopic (exact) mass is 250 g/mol. The van der Waals surface area contributed by atoms with Gasteiger partial charge < -0.3 is 5.11 Å². The molecule has 1 N–H and O–H groups in total. The first-order valence-corrected chi connectivity index (χ1v) is 7.69. The van der Waals surface area contributed by atoms with Crippen LogP contribution in [-0.4, -0.2) is 16.6 Å². The van der Waals surface area contributed by atoms with Crippen molar-refractivity contribution in [2.75, 3.05) is 11.5 Å². The van der Waals surface area contributed by atoms with E-state index >= 15 is 0 Å². The van der Waals surface area contributed by atoms with Crippen molar-refractivity contribution in [3.8, 4) is 0 Å². The molecule has 1 aromatic carbocycles. The van der Waals surface area contributed by atoms with Crippen LogP contribution < -0.4 is 0 Å². The largest absolute Gasteiger partial charge is 0.385 e. The maximum atomic E-state index is 10.4. The van der Waals surface area contributed by atoms with Crippen molar-refractivity contribution in [1.82, 2.24) is 0 Å². The summed E-state index contributed by atoms with van der Waals surface area (Å²) in [5.41, 5.74) is 0.337. The minimum absolute atomic E-state index is 0.690. The molecule has 0 heterocycles. The Labute approximate surface area is 109 Å². The second-order valence-corrected chi connectivity index (χ2v) is 6.34. The molecular weight excluding hydrogens is 228 g/mol. The van der Waals surface area contributed by atoms with Crippen LogP contribution in [0.2, 0.25) is 0 Å². The lowest BCUT2D eigenvalue weighted by atomic mass is 9.99. The van der Waals surface area contributed by atoms with Crippen LogP contribution in [0.4, 0.5) is 0 Å². The molecule has 0 amide bonds. The lowest BCUT2D eigenvalue weighted by Crippen LogP contribution is -2.24. The smallest absolute Gasteiger partial charge is 0.0958 e. The molecule has 0 aromatic heterocycles. The van der Waals surface area contributed by atoms with Gasteiger partial charge in [-0.1, -0.05) is 43.2 Å². The Morgan fingerprint density at radius 1 is 1.24 bits per heavy atom. The maximum Gasteiger partial charge on any atom is 0.0958 e. The van der Waals surface area contributed by atoms with Crippen molar-refractivity contribution in [2.45, 2.75) is 38.2 Å². The van der Waals surface area contributed by atoms with Crippen LogP contribution in [0.1, 0.15) is 38.2 Å². The van der Waals surface area contributed by atoms with Crippen molar-refractivity contribution >= 4 is 11.8 Å². The predicted octanol–water partition coefficient (Wildman–Crippen LogP) is 3.82. The van der Waals surface area contributed by atoms with E-state index < -0.39 is 5.60 Å². The number of benzene rings is 1. The van der Waals surface area contributed by atoms with Crippen molar-refractivity contribution in [3.05, 3.63) is 35.9 Å². The van der Waals surface area contributed by atoms with E-state index in [0.29, 0.717) is 0 Å². The Hall–Kier alpha value is -0.470. The Kier molecular flexibility index (Phi) is 4.52. The topological polar surface area (TPSA) is 20.2 Å². The Bertz CT molecular complexity index is 328. The summed E-state index contributed by atoms with van der Waals surface area (Å²) in [7, 11) is 0. The highest BCUT2D eigenvalue weighted by molar-refractivity contribution is 7.99. The number of thioether (sulfide) groups is 1. The molecule has 2 rings (SSSR count). The minimum atomic E-state index is -0.690. The van der Waals surface area contributed by atoms with Gasteiger partial charge in [0.2, 0.25) is 0 Å². The van der Waals surface area contributed by atoms with Crippen molar-refractivity contribution < 1.29 is 5.11 Å². The van der Waals surface area contributed by atoms with Crippen LogP contribution in [0, 0.1) is 5.92 Å². The van der Waals surface area contributed by atoms with Crippen molar-refractivity contribution in [2.24, 2.45) is 5.92 Å². The number of aliphatic hydroxyl groups is 1. The Balaban J connectivity index is 1.80. The fourth-order valence-corrected chi connectivity index (χ4v) is 3.83. The van der Waals surface area contributed by atoms with E-state index in [0.717, 1.165) is 17.2 Å². The molecule has 0 radical (unpaired) electrons. The first kappa shape index (κ1) is 13.0. The third-order valence-corrected chi connectivity index (χ3v) is 5.08. The standard InChI is InChI=1S/C15H22OS/c1-15(16,14-9-3-2-4-10-14)12-17-11-13-7-5-6-8-13/h2-4,9-10,13,16H,5-8,11-12H2,1H3. The maximum absolute atomic E-state index is 10.4. The van der Waals surface area contributed by atoms with E-state index in [1.807, 2.05) is 49.0 Å². The molecule has 2 heteroatoms. The highest BCUT2D eigenvalue weighted by Crippen LogP contribution is 2.31. The summed E-state index contributed by atoms with van der Waals surface area (Å²) in [5.74, 6) is 2.91. The van der Waals surface area contributed by atoms with Gasteiger partial charge in [0.15, 0.2) is 0 Å². The van der Waals surface area contributed by atoms with Gasteiger partial charge in [-0.2, -0.15) is 11.8 Å². The predicted molar refractivity (Wildman–Crippen MR) is 75.3 cm³/mol. The Morgan fingerprint density at radius 3 is 2.53 bits per heavy atom. The number of hydrogen-bond donors (Lipinski definition) is 1. The quantitative estimate of drug-likeness (QED) is 0.857. The molecule has 1 unspecified atom stereocenters. The summed E-state index contributed by atoms with van der Waals surface area (Å²) < 4.78 is 0. The molecular formula is C15H22OS. The van der Waals surface area contributed by atoms with E-state index in [2.05, 4.69) is 0 Å². The second kappa shape index (κ2) is 5.92. The van der Waals surface area contributed by atoms with Crippen molar-refractivity contribution in [1.29, 1.82) is 0 Å². The van der Waals surface area contributed by atoms with E-state index in [1.54, 1.807) is 0 Å². The molecule has 17 heavy (non-hydrogen) atoms. The van der Waals surface area contributed by atoms with Gasteiger partial charge in [-0.3, -0.25) is 0 Å². The zero-order chi connectivity index (χ0) is 12.1. The van der Waals surface area contributed by atoms with Gasteiger partial charge in [-0.05, 0) is 37.0 Å². The number of hydrogen-bond acceptors (Lipinski definition) is 2. The van der Waals surface area contributed by atoms with Gasteiger partial charge >= 0.3 is 0 Å². The van der Waals surface area contributed by atoms with Crippen LogP contribution in [0.5, 0.6) is 0 Å². The molecule has 1 aliphatic rings. The lowest BCUT2D eigenvalue weighted by molar-refractivity contribution is 0.0839. The molecule has 0 bridgehead atoms. The highest BCUT2D eigenvalue weighted by Gasteiger charge is 2.23. The van der Waals surface area contributed by atoms with E-state index in [9.17, 15) is 5.11 Å². The van der Waals surface area contributed by atoms with Crippen molar-refractivity contribution in [3.63, 3.8) is 0 Å². The molecule has 1 aliphatic carbocycles. The van der Waals surface area contributed by atoms with Gasteiger partial charge in [0.05, 0.1) is 5.60 Å². The summed E-state index contributed by atoms with van der Waals surface area (Å²) in [5, 5.41) is 10.4. The van der Waals surface area contributed by atoms with Crippen LogP contribution in [-0.2, 0) is 5.60 Å². The molecule has 0 spiro atoms. The summed E-state index contributed by atoms with van der Waals surface area (Å²) in [6.07, 6.45) is 5.58. The Morgan fingerprint density at radius 2 is 1.88 bits per heavy atom. The molecule has 0 aliphatic heterocycles. The van der Waals surface area contributed by atoms with E-state index in [1.165, 1.54) is 31.4 Å². The summed E-state index contributed by atoms with van der Waals surface area (Å²) in [6.45, 7) is 1.92. The molecule has 0 saturated heterocycles. The summed E-state index contributed by atoms with van der Waals surface area (Å²) in [6, 6.07) is 9.99. The van der Waals surface area contributed by atoms with Crippen LogP contribution in [0.25, 0.3) is 0 Å². The molecule has 1 saturated carbocycles. The summed E-state index contributed by atoms with van der Waals surface area (Å²) in [4.78, 5) is 0. The first-order valence-electron chi connectivity index (χ1n) is 6.54. The molecule has 94 valence electrons. The highest BCUT2D eigenvalue weighted by atomic mass is 32.2. The molecule has 1 aromatic rings. The SMILES string of the molecule is CC(O)(CSCC1CCCC1)c1ccccc1. The average Bonchev–Trinajstić information content (AvgIpc) is 2.83. The lowest BCUT2D eigenvalue weighted by Gasteiger charge is -2.24. The zero-order valence-corrected chi connectivity index (χ0v) is 11.4. The van der Waals surface area contributed by atoms with Crippen LogP contribution in [0.15, 0.2) is 30.3 Å². The number of rotatable bonds is 5. The second-order valence-electron chi connectivity index (χ2n) is 5.31. The minimum Gasteiger partial charge on any atom is -0.385 e. The van der Waals surface area contributed by atoms with Gasteiger partial charge in [-0.15, -0.1) is 0 Å². The van der Waals surface area contributed by atoms with Crippen LogP contribution in [0.3, 0.4) is 0 Å². The van der Waals surface area contributed by atoms with E-state index in [4.69, 9.17) is 0 Å². The van der Waals surface area contributed by atoms with Gasteiger partial charge in [-0.25, -0.2) is 0 Å². The fraction of sp³-hybridized carbons (Fsp3) is 0.600. The third kappa shape index (κ3) is 3.75.